The maximum absolute atomic E-state index is 12.3. The molecule has 1 amide bonds. The Labute approximate surface area is 166 Å². The molecular formula is C20H17Cl2N3O2. The number of carbonyl (C=O) groups excluding carboxylic acids is 1. The van der Waals surface area contributed by atoms with Gasteiger partial charge in [-0.1, -0.05) is 41.4 Å². The molecule has 0 saturated heterocycles. The number of benzene rings is 2. The smallest absolute Gasteiger partial charge is 0.267 e. The Morgan fingerprint density at radius 2 is 1.85 bits per heavy atom. The molecule has 1 aromatic heterocycles. The Hall–Kier alpha value is -2.63. The van der Waals surface area contributed by atoms with E-state index in [1.807, 2.05) is 32.0 Å². The fourth-order valence-electron chi connectivity index (χ4n) is 2.54. The standard InChI is InChI=1S/C20H17Cl2N3O2/c1-12-6-7-14(10-13(12)2)16-8-9-19(27)25(24-16)11-18(26)23-17-5-3-4-15(21)20(17)22/h3-10H,11H2,1-2H3,(H,23,26). The second-order valence-electron chi connectivity index (χ2n) is 6.16. The molecule has 0 atom stereocenters. The van der Waals surface area contributed by atoms with E-state index in [-0.39, 0.29) is 17.1 Å². The van der Waals surface area contributed by atoms with Crippen molar-refractivity contribution in [3.05, 3.63) is 80.1 Å². The fourth-order valence-corrected chi connectivity index (χ4v) is 2.89. The van der Waals surface area contributed by atoms with Crippen molar-refractivity contribution in [2.75, 3.05) is 5.32 Å². The van der Waals surface area contributed by atoms with Gasteiger partial charge in [-0.3, -0.25) is 9.59 Å². The van der Waals surface area contributed by atoms with Crippen LogP contribution in [0.4, 0.5) is 5.69 Å². The number of aromatic nitrogens is 2. The van der Waals surface area contributed by atoms with Crippen molar-refractivity contribution in [1.82, 2.24) is 9.78 Å². The van der Waals surface area contributed by atoms with Gasteiger partial charge in [0.25, 0.3) is 5.56 Å². The van der Waals surface area contributed by atoms with E-state index < -0.39 is 5.91 Å². The molecule has 0 unspecified atom stereocenters. The number of nitrogens with zero attached hydrogens (tertiary/aromatic N) is 2. The number of hydrogen-bond acceptors (Lipinski definition) is 3. The van der Waals surface area contributed by atoms with Gasteiger partial charge in [0.05, 0.1) is 21.4 Å². The highest BCUT2D eigenvalue weighted by Gasteiger charge is 2.11. The molecule has 0 spiro atoms. The first-order valence-corrected chi connectivity index (χ1v) is 9.00. The minimum Gasteiger partial charge on any atom is -0.323 e. The summed E-state index contributed by atoms with van der Waals surface area (Å²) in [5.41, 5.74) is 3.81. The Bertz CT molecular complexity index is 1080. The van der Waals surface area contributed by atoms with Crippen LogP contribution in [0, 0.1) is 13.8 Å². The van der Waals surface area contributed by atoms with Crippen LogP contribution in [0.3, 0.4) is 0 Å². The topological polar surface area (TPSA) is 64.0 Å². The van der Waals surface area contributed by atoms with Crippen LogP contribution in [0.2, 0.25) is 10.0 Å². The summed E-state index contributed by atoms with van der Waals surface area (Å²) in [6.07, 6.45) is 0. The largest absolute Gasteiger partial charge is 0.323 e. The summed E-state index contributed by atoms with van der Waals surface area (Å²) in [5.74, 6) is -0.425. The number of anilines is 1. The van der Waals surface area contributed by atoms with E-state index in [1.54, 1.807) is 24.3 Å². The molecule has 0 fully saturated rings. The summed E-state index contributed by atoms with van der Waals surface area (Å²) in [4.78, 5) is 24.4. The lowest BCUT2D eigenvalue weighted by atomic mass is 10.0. The second kappa shape index (κ2) is 7.94. The number of halogens is 2. The normalized spacial score (nSPS) is 10.7. The number of rotatable bonds is 4. The molecule has 5 nitrogen and oxygen atoms in total. The van der Waals surface area contributed by atoms with E-state index in [9.17, 15) is 9.59 Å². The number of amides is 1. The first-order chi connectivity index (χ1) is 12.8. The van der Waals surface area contributed by atoms with Crippen LogP contribution in [0.5, 0.6) is 0 Å². The maximum atomic E-state index is 12.3. The Morgan fingerprint density at radius 3 is 2.59 bits per heavy atom. The highest BCUT2D eigenvalue weighted by atomic mass is 35.5. The molecule has 0 saturated carbocycles. The van der Waals surface area contributed by atoms with Crippen LogP contribution in [0.15, 0.2) is 53.3 Å². The lowest BCUT2D eigenvalue weighted by Crippen LogP contribution is -2.29. The number of hydrogen-bond donors (Lipinski definition) is 1. The summed E-state index contributed by atoms with van der Waals surface area (Å²) >= 11 is 12.0. The van der Waals surface area contributed by atoms with Gasteiger partial charge in [-0.25, -0.2) is 4.68 Å². The zero-order valence-corrected chi connectivity index (χ0v) is 16.3. The zero-order valence-electron chi connectivity index (χ0n) is 14.8. The van der Waals surface area contributed by atoms with Crippen LogP contribution in [0.1, 0.15) is 11.1 Å². The maximum Gasteiger partial charge on any atom is 0.267 e. The molecule has 0 radical (unpaired) electrons. The first-order valence-electron chi connectivity index (χ1n) is 8.25. The van der Waals surface area contributed by atoms with Crippen molar-refractivity contribution in [3.63, 3.8) is 0 Å². The van der Waals surface area contributed by atoms with Crippen LogP contribution in [-0.2, 0) is 11.3 Å². The van der Waals surface area contributed by atoms with Crippen molar-refractivity contribution in [3.8, 4) is 11.3 Å². The summed E-state index contributed by atoms with van der Waals surface area (Å²) in [6.45, 7) is 3.80. The van der Waals surface area contributed by atoms with Crippen molar-refractivity contribution in [2.24, 2.45) is 0 Å². The molecule has 3 aromatic rings. The van der Waals surface area contributed by atoms with Crippen LogP contribution < -0.4 is 10.9 Å². The van der Waals surface area contributed by atoms with Crippen LogP contribution >= 0.6 is 23.2 Å². The Balaban J connectivity index is 1.84. The number of carbonyl (C=O) groups is 1. The molecule has 0 bridgehead atoms. The van der Waals surface area contributed by atoms with E-state index in [4.69, 9.17) is 23.2 Å². The molecule has 0 aliphatic carbocycles. The number of nitrogens with one attached hydrogen (secondary N) is 1. The average Bonchev–Trinajstić information content (AvgIpc) is 2.63. The second-order valence-corrected chi connectivity index (χ2v) is 6.95. The number of aryl methyl sites for hydroxylation is 2. The molecule has 1 heterocycles. The van der Waals surface area contributed by atoms with Gasteiger partial charge in [-0.2, -0.15) is 5.10 Å². The molecule has 138 valence electrons. The van der Waals surface area contributed by atoms with Gasteiger partial charge in [0.15, 0.2) is 0 Å². The monoisotopic (exact) mass is 401 g/mol. The van der Waals surface area contributed by atoms with Gasteiger partial charge in [0, 0.05) is 11.6 Å². The molecule has 0 aliphatic rings. The summed E-state index contributed by atoms with van der Waals surface area (Å²) in [5, 5.41) is 7.55. The molecule has 7 heteroatoms. The van der Waals surface area contributed by atoms with Gasteiger partial charge in [-0.05, 0) is 49.2 Å². The Morgan fingerprint density at radius 1 is 1.07 bits per heavy atom. The van der Waals surface area contributed by atoms with Gasteiger partial charge in [0.2, 0.25) is 5.91 Å². The third-order valence-electron chi connectivity index (χ3n) is 4.19. The van der Waals surface area contributed by atoms with Crippen molar-refractivity contribution in [1.29, 1.82) is 0 Å². The Kier molecular flexibility index (Phi) is 5.63. The highest BCUT2D eigenvalue weighted by Crippen LogP contribution is 2.29. The lowest BCUT2D eigenvalue weighted by Gasteiger charge is -2.10. The SMILES string of the molecule is Cc1ccc(-c2ccc(=O)n(CC(=O)Nc3cccc(Cl)c3Cl)n2)cc1C. The van der Waals surface area contributed by atoms with Crippen molar-refractivity contribution in [2.45, 2.75) is 20.4 Å². The van der Waals surface area contributed by atoms with Gasteiger partial charge in [-0.15, -0.1) is 0 Å². The molecule has 1 N–H and O–H groups in total. The van der Waals surface area contributed by atoms with Gasteiger partial charge < -0.3 is 5.32 Å². The van der Waals surface area contributed by atoms with Crippen molar-refractivity contribution < 1.29 is 4.79 Å². The highest BCUT2D eigenvalue weighted by molar-refractivity contribution is 6.43. The van der Waals surface area contributed by atoms with Gasteiger partial charge in [0.1, 0.15) is 6.54 Å². The lowest BCUT2D eigenvalue weighted by molar-refractivity contribution is -0.117. The third kappa shape index (κ3) is 4.38. The zero-order chi connectivity index (χ0) is 19.6. The van der Waals surface area contributed by atoms with Crippen molar-refractivity contribution >= 4 is 34.8 Å². The van der Waals surface area contributed by atoms with Crippen LogP contribution in [0.25, 0.3) is 11.3 Å². The van der Waals surface area contributed by atoms with Crippen LogP contribution in [-0.4, -0.2) is 15.7 Å². The fraction of sp³-hybridized carbons (Fsp3) is 0.150. The molecule has 0 aliphatic heterocycles. The van der Waals surface area contributed by atoms with E-state index in [0.717, 1.165) is 15.8 Å². The van der Waals surface area contributed by atoms with E-state index in [2.05, 4.69) is 10.4 Å². The summed E-state index contributed by atoms with van der Waals surface area (Å²) in [6, 6.07) is 13.9. The summed E-state index contributed by atoms with van der Waals surface area (Å²) in [7, 11) is 0. The average molecular weight is 402 g/mol. The molecule has 2 aromatic carbocycles. The third-order valence-corrected chi connectivity index (χ3v) is 5.01. The van der Waals surface area contributed by atoms with E-state index >= 15 is 0 Å². The molecular weight excluding hydrogens is 385 g/mol. The minimum absolute atomic E-state index is 0.236. The predicted molar refractivity (Wildman–Crippen MR) is 108 cm³/mol. The quantitative estimate of drug-likeness (QED) is 0.700. The van der Waals surface area contributed by atoms with E-state index in [0.29, 0.717) is 16.4 Å². The minimum atomic E-state index is -0.425. The molecule has 3 rings (SSSR count). The summed E-state index contributed by atoms with van der Waals surface area (Å²) < 4.78 is 1.12. The van der Waals surface area contributed by atoms with E-state index in [1.165, 1.54) is 11.6 Å². The predicted octanol–water partition coefficient (Wildman–Crippen LogP) is 4.47. The molecule has 27 heavy (non-hydrogen) atoms. The first kappa shape index (κ1) is 19.1. The van der Waals surface area contributed by atoms with Gasteiger partial charge >= 0.3 is 0 Å².